The van der Waals surface area contributed by atoms with Crippen LogP contribution in [0.5, 0.6) is 0 Å². The second-order valence-corrected chi connectivity index (χ2v) is 14.2. The van der Waals surface area contributed by atoms with E-state index >= 15 is 0 Å². The first-order chi connectivity index (χ1) is 25.6. The van der Waals surface area contributed by atoms with E-state index in [0.29, 0.717) is 13.0 Å². The van der Waals surface area contributed by atoms with E-state index < -0.39 is 59.8 Å². The van der Waals surface area contributed by atoms with Gasteiger partial charge in [0.15, 0.2) is 6.29 Å². The topological polar surface area (TPSA) is 178 Å². The third-order valence-electron chi connectivity index (χ3n) is 8.37. The highest BCUT2D eigenvalue weighted by Gasteiger charge is 2.48. The van der Waals surface area contributed by atoms with Gasteiger partial charge < -0.3 is 34.3 Å². The van der Waals surface area contributed by atoms with Crippen LogP contribution in [0.25, 0.3) is 0 Å². The fraction of sp³-hybridized carbons (Fsp3) is 0.725. The van der Waals surface area contributed by atoms with Crippen LogP contribution in [0.4, 0.5) is 0 Å². The fourth-order valence-electron chi connectivity index (χ4n) is 5.43. The third kappa shape index (κ3) is 26.3. The number of aliphatic hydroxyl groups is 3. The molecular weight excluding hydrogens is 704 g/mol. The number of unbranched alkanes of at least 4 members (excludes halogenated alkanes) is 9. The van der Waals surface area contributed by atoms with E-state index in [4.69, 9.17) is 23.5 Å². The number of hydrogen-bond donors (Lipinski definition) is 4. The van der Waals surface area contributed by atoms with Crippen LogP contribution in [0.15, 0.2) is 60.8 Å². The van der Waals surface area contributed by atoms with Crippen LogP contribution >= 0.6 is 0 Å². The van der Waals surface area contributed by atoms with Crippen LogP contribution in [0.2, 0.25) is 0 Å². The Morgan fingerprint density at radius 3 is 1.92 bits per heavy atom. The molecule has 4 N–H and O–H groups in total. The predicted octanol–water partition coefficient (Wildman–Crippen LogP) is 7.01. The normalized spacial score (nSPS) is 22.0. The molecule has 0 amide bonds. The van der Waals surface area contributed by atoms with Crippen molar-refractivity contribution in [3.05, 3.63) is 60.8 Å². The van der Waals surface area contributed by atoms with Gasteiger partial charge in [-0.1, -0.05) is 107 Å². The van der Waals surface area contributed by atoms with Gasteiger partial charge in [-0.2, -0.15) is 8.42 Å². The zero-order valence-electron chi connectivity index (χ0n) is 32.0. The van der Waals surface area contributed by atoms with E-state index in [0.717, 1.165) is 77.0 Å². The van der Waals surface area contributed by atoms with Crippen molar-refractivity contribution < 1.29 is 56.2 Å². The van der Waals surface area contributed by atoms with E-state index in [2.05, 4.69) is 78.8 Å². The maximum Gasteiger partial charge on any atom is 0.397 e. The Bertz CT molecular complexity index is 1170. The Labute approximate surface area is 318 Å². The summed E-state index contributed by atoms with van der Waals surface area (Å²) in [6, 6.07) is 0. The molecule has 0 bridgehead atoms. The van der Waals surface area contributed by atoms with Crippen LogP contribution < -0.4 is 0 Å². The number of ether oxygens (including phenoxy) is 4. The van der Waals surface area contributed by atoms with Crippen LogP contribution in [0.3, 0.4) is 0 Å². The highest BCUT2D eigenvalue weighted by molar-refractivity contribution is 7.80. The second kappa shape index (κ2) is 32.1. The maximum atomic E-state index is 12.7. The maximum absolute atomic E-state index is 12.7. The molecule has 0 aliphatic carbocycles. The van der Waals surface area contributed by atoms with Crippen molar-refractivity contribution in [2.45, 2.75) is 160 Å². The van der Waals surface area contributed by atoms with Crippen molar-refractivity contribution in [1.29, 1.82) is 0 Å². The Balaban J connectivity index is 2.56. The molecule has 1 rings (SSSR count). The van der Waals surface area contributed by atoms with Crippen molar-refractivity contribution >= 4 is 16.4 Å². The third-order valence-corrected chi connectivity index (χ3v) is 8.84. The number of carbonyl (C=O) groups is 1. The number of rotatable bonds is 32. The molecule has 1 aliphatic heterocycles. The SMILES string of the molecule is CC/C=C\C/C=C\C/C=C\C/C=C\CCCOCC(COC1OC(CO)C(O)C(OS(=O)(=O)O)C1O)OC(=O)CCCCCCC/C=C\CCCCC. The number of esters is 1. The van der Waals surface area contributed by atoms with Gasteiger partial charge in [-0.05, 0) is 70.6 Å². The van der Waals surface area contributed by atoms with Crippen LogP contribution in [0, 0.1) is 0 Å². The molecule has 53 heavy (non-hydrogen) atoms. The molecule has 12 nitrogen and oxygen atoms in total. The molecule has 1 saturated heterocycles. The summed E-state index contributed by atoms with van der Waals surface area (Å²) in [7, 11) is -5.07. The van der Waals surface area contributed by atoms with Crippen molar-refractivity contribution in [2.75, 3.05) is 26.4 Å². The molecule has 1 aliphatic rings. The van der Waals surface area contributed by atoms with Crippen molar-refractivity contribution in [3.8, 4) is 0 Å². The highest BCUT2D eigenvalue weighted by Crippen LogP contribution is 2.26. The Kier molecular flexibility index (Phi) is 29.6. The Morgan fingerprint density at radius 2 is 1.30 bits per heavy atom. The summed E-state index contributed by atoms with van der Waals surface area (Å²) in [5.41, 5.74) is 0. The van der Waals surface area contributed by atoms with Crippen molar-refractivity contribution in [1.82, 2.24) is 0 Å². The minimum absolute atomic E-state index is 0.00821. The summed E-state index contributed by atoms with van der Waals surface area (Å²) < 4.78 is 58.7. The smallest absolute Gasteiger partial charge is 0.397 e. The Morgan fingerprint density at radius 1 is 0.736 bits per heavy atom. The van der Waals surface area contributed by atoms with Gasteiger partial charge in [-0.3, -0.25) is 9.35 Å². The summed E-state index contributed by atoms with van der Waals surface area (Å²) in [5, 5.41) is 30.5. The summed E-state index contributed by atoms with van der Waals surface area (Å²) in [6.45, 7) is 3.65. The zero-order valence-corrected chi connectivity index (χ0v) is 32.9. The summed E-state index contributed by atoms with van der Waals surface area (Å²) in [6.07, 6.45) is 28.5. The van der Waals surface area contributed by atoms with Gasteiger partial charge in [0.2, 0.25) is 0 Å². The number of aliphatic hydroxyl groups excluding tert-OH is 3. The van der Waals surface area contributed by atoms with Crippen LogP contribution in [-0.4, -0.2) is 97.5 Å². The standard InChI is InChI=1S/C40H68O12S/c1-3-5-7-9-11-13-15-17-18-20-22-24-26-28-30-48-32-34(50-36(42)29-27-25-23-21-19-16-14-12-10-8-6-4-2)33-49-40-38(44)39(52-53(45,46)47)37(43)35(31-41)51-40/h5,7,11-14,17-18,22,24,34-35,37-41,43-44H,3-4,6,8-10,15-16,19-21,23,25-33H2,1-2H3,(H,45,46,47)/b7-5-,13-11-,14-12-,18-17-,24-22-. The number of allylic oxidation sites excluding steroid dienone is 10. The lowest BCUT2D eigenvalue weighted by Crippen LogP contribution is -2.60. The predicted molar refractivity (Wildman–Crippen MR) is 206 cm³/mol. The van der Waals surface area contributed by atoms with Gasteiger partial charge in [-0.15, -0.1) is 0 Å². The van der Waals surface area contributed by atoms with Gasteiger partial charge in [0.1, 0.15) is 30.5 Å². The average Bonchev–Trinajstić information content (AvgIpc) is 3.12. The first-order valence-electron chi connectivity index (χ1n) is 19.5. The van der Waals surface area contributed by atoms with E-state index in [1.807, 2.05) is 0 Å². The number of carbonyl (C=O) groups excluding carboxylic acids is 1. The molecule has 0 aromatic carbocycles. The van der Waals surface area contributed by atoms with E-state index in [-0.39, 0.29) is 19.6 Å². The second-order valence-electron chi connectivity index (χ2n) is 13.1. The summed E-state index contributed by atoms with van der Waals surface area (Å²) >= 11 is 0. The molecule has 0 radical (unpaired) electrons. The van der Waals surface area contributed by atoms with Gasteiger partial charge >= 0.3 is 16.4 Å². The lowest BCUT2D eigenvalue weighted by Gasteiger charge is -2.41. The fourth-order valence-corrected chi connectivity index (χ4v) is 5.94. The monoisotopic (exact) mass is 772 g/mol. The quantitative estimate of drug-likeness (QED) is 0.0238. The summed E-state index contributed by atoms with van der Waals surface area (Å²) in [5.74, 6) is -0.432. The molecule has 0 aromatic heterocycles. The van der Waals surface area contributed by atoms with Crippen LogP contribution in [0.1, 0.15) is 123 Å². The minimum Gasteiger partial charge on any atom is -0.457 e. The lowest BCUT2D eigenvalue weighted by molar-refractivity contribution is -0.301. The number of hydrogen-bond acceptors (Lipinski definition) is 11. The van der Waals surface area contributed by atoms with Crippen LogP contribution in [-0.2, 0) is 38.3 Å². The molecule has 0 saturated carbocycles. The molecular formula is C40H68O12S. The lowest BCUT2D eigenvalue weighted by atomic mass is 9.99. The molecule has 306 valence electrons. The van der Waals surface area contributed by atoms with E-state index in [1.165, 1.54) is 19.3 Å². The van der Waals surface area contributed by atoms with Gasteiger partial charge in [0, 0.05) is 13.0 Å². The van der Waals surface area contributed by atoms with E-state index in [1.54, 1.807) is 0 Å². The molecule has 13 heteroatoms. The first kappa shape index (κ1) is 48.8. The highest BCUT2D eigenvalue weighted by atomic mass is 32.3. The summed E-state index contributed by atoms with van der Waals surface area (Å²) in [4.78, 5) is 12.7. The molecule has 6 atom stereocenters. The van der Waals surface area contributed by atoms with Gasteiger partial charge in [0.25, 0.3) is 0 Å². The van der Waals surface area contributed by atoms with E-state index in [9.17, 15) is 28.5 Å². The molecule has 1 fully saturated rings. The molecule has 0 aromatic rings. The molecule has 0 spiro atoms. The van der Waals surface area contributed by atoms with Crippen molar-refractivity contribution in [2.24, 2.45) is 0 Å². The largest absolute Gasteiger partial charge is 0.457 e. The average molecular weight is 773 g/mol. The zero-order chi connectivity index (χ0) is 39.0. The van der Waals surface area contributed by atoms with Crippen molar-refractivity contribution in [3.63, 3.8) is 0 Å². The Hall–Kier alpha value is -2.20. The molecule has 1 heterocycles. The van der Waals surface area contributed by atoms with Gasteiger partial charge in [0.05, 0.1) is 19.8 Å². The molecule has 6 unspecified atom stereocenters. The minimum atomic E-state index is -5.07. The van der Waals surface area contributed by atoms with Gasteiger partial charge in [-0.25, -0.2) is 4.18 Å². The first-order valence-corrected chi connectivity index (χ1v) is 20.9.